The first-order chi connectivity index (χ1) is 6.87. The van der Waals surface area contributed by atoms with Gasteiger partial charge >= 0.3 is 0 Å². The van der Waals surface area contributed by atoms with Gasteiger partial charge in [-0.05, 0) is 38.1 Å². The molecular formula is C13H21NS. The molecule has 0 saturated heterocycles. The first kappa shape index (κ1) is 12.4. The molecule has 15 heavy (non-hydrogen) atoms. The number of benzene rings is 1. The van der Waals surface area contributed by atoms with Gasteiger partial charge in [-0.25, -0.2) is 0 Å². The molecule has 0 saturated carbocycles. The molecule has 0 atom stereocenters. The van der Waals surface area contributed by atoms with E-state index in [2.05, 4.69) is 64.2 Å². The number of rotatable bonds is 3. The van der Waals surface area contributed by atoms with Crippen molar-refractivity contribution < 1.29 is 0 Å². The van der Waals surface area contributed by atoms with Gasteiger partial charge in [0.2, 0.25) is 0 Å². The standard InChI is InChI=1S/C13H21NS/c1-10(2)14-11-6-8-12(9-7-11)15-13(3,4)5/h6-10,14H,1-5H3. The first-order valence-corrected chi connectivity index (χ1v) is 6.24. The topological polar surface area (TPSA) is 12.0 Å². The first-order valence-electron chi connectivity index (χ1n) is 5.42. The molecule has 1 aromatic rings. The third-order valence-electron chi connectivity index (χ3n) is 1.73. The van der Waals surface area contributed by atoms with Gasteiger partial charge in [-0.15, -0.1) is 11.8 Å². The molecule has 0 radical (unpaired) electrons. The summed E-state index contributed by atoms with van der Waals surface area (Å²) >= 11 is 1.90. The lowest BCUT2D eigenvalue weighted by atomic mass is 10.3. The van der Waals surface area contributed by atoms with E-state index in [1.807, 2.05) is 11.8 Å². The molecule has 0 heterocycles. The van der Waals surface area contributed by atoms with Crippen molar-refractivity contribution in [1.29, 1.82) is 0 Å². The van der Waals surface area contributed by atoms with Gasteiger partial charge in [0.1, 0.15) is 0 Å². The van der Waals surface area contributed by atoms with E-state index < -0.39 is 0 Å². The van der Waals surface area contributed by atoms with E-state index in [1.165, 1.54) is 10.6 Å². The highest BCUT2D eigenvalue weighted by Crippen LogP contribution is 2.32. The Bertz CT molecular complexity index is 295. The van der Waals surface area contributed by atoms with Crippen LogP contribution in [0.25, 0.3) is 0 Å². The normalized spacial score (nSPS) is 11.9. The quantitative estimate of drug-likeness (QED) is 0.762. The predicted molar refractivity (Wildman–Crippen MR) is 70.8 cm³/mol. The highest BCUT2D eigenvalue weighted by molar-refractivity contribution is 8.00. The Morgan fingerprint density at radius 2 is 1.60 bits per heavy atom. The third-order valence-corrected chi connectivity index (χ3v) is 2.85. The average Bonchev–Trinajstić information content (AvgIpc) is 2.05. The van der Waals surface area contributed by atoms with Crippen LogP contribution >= 0.6 is 11.8 Å². The molecule has 84 valence electrons. The number of nitrogens with one attached hydrogen (secondary N) is 1. The van der Waals surface area contributed by atoms with E-state index >= 15 is 0 Å². The highest BCUT2D eigenvalue weighted by atomic mass is 32.2. The number of thioether (sulfide) groups is 1. The van der Waals surface area contributed by atoms with Gasteiger partial charge in [0.15, 0.2) is 0 Å². The van der Waals surface area contributed by atoms with Gasteiger partial charge < -0.3 is 5.32 Å². The molecular weight excluding hydrogens is 202 g/mol. The Balaban J connectivity index is 2.64. The van der Waals surface area contributed by atoms with Crippen molar-refractivity contribution >= 4 is 17.4 Å². The van der Waals surface area contributed by atoms with Crippen molar-refractivity contribution in [3.05, 3.63) is 24.3 Å². The number of hydrogen-bond donors (Lipinski definition) is 1. The van der Waals surface area contributed by atoms with E-state index in [0.717, 1.165) is 0 Å². The van der Waals surface area contributed by atoms with Crippen LogP contribution in [0.5, 0.6) is 0 Å². The molecule has 0 aliphatic heterocycles. The summed E-state index contributed by atoms with van der Waals surface area (Å²) in [5.74, 6) is 0. The Hall–Kier alpha value is -0.630. The minimum Gasteiger partial charge on any atom is -0.383 e. The molecule has 1 N–H and O–H groups in total. The van der Waals surface area contributed by atoms with Crippen molar-refractivity contribution in [2.45, 2.75) is 50.3 Å². The monoisotopic (exact) mass is 223 g/mol. The van der Waals surface area contributed by atoms with Crippen LogP contribution in [0.4, 0.5) is 5.69 Å². The van der Waals surface area contributed by atoms with Crippen LogP contribution in [0.3, 0.4) is 0 Å². The van der Waals surface area contributed by atoms with Crippen molar-refractivity contribution in [2.24, 2.45) is 0 Å². The van der Waals surface area contributed by atoms with E-state index in [9.17, 15) is 0 Å². The summed E-state index contributed by atoms with van der Waals surface area (Å²) in [5.41, 5.74) is 1.20. The van der Waals surface area contributed by atoms with Crippen molar-refractivity contribution in [2.75, 3.05) is 5.32 Å². The molecule has 0 amide bonds. The molecule has 0 spiro atoms. The second kappa shape index (κ2) is 4.93. The summed E-state index contributed by atoms with van der Waals surface area (Å²) in [6.07, 6.45) is 0. The van der Waals surface area contributed by atoms with Gasteiger partial charge in [0.05, 0.1) is 0 Å². The smallest absolute Gasteiger partial charge is 0.0342 e. The van der Waals surface area contributed by atoms with Crippen molar-refractivity contribution in [3.8, 4) is 0 Å². The minimum absolute atomic E-state index is 0.285. The number of hydrogen-bond acceptors (Lipinski definition) is 2. The van der Waals surface area contributed by atoms with E-state index in [0.29, 0.717) is 6.04 Å². The summed E-state index contributed by atoms with van der Waals surface area (Å²) in [6, 6.07) is 9.15. The average molecular weight is 223 g/mol. The maximum Gasteiger partial charge on any atom is 0.0342 e. The zero-order chi connectivity index (χ0) is 11.5. The molecule has 1 nitrogen and oxygen atoms in total. The van der Waals surface area contributed by atoms with Crippen molar-refractivity contribution in [3.63, 3.8) is 0 Å². The Morgan fingerprint density at radius 3 is 2.00 bits per heavy atom. The summed E-state index contributed by atoms with van der Waals surface area (Å²) in [7, 11) is 0. The molecule has 0 aromatic heterocycles. The molecule has 0 fully saturated rings. The van der Waals surface area contributed by atoms with Gasteiger partial charge in [0, 0.05) is 21.4 Å². The van der Waals surface area contributed by atoms with Crippen LogP contribution in [-0.4, -0.2) is 10.8 Å². The van der Waals surface area contributed by atoms with Crippen LogP contribution < -0.4 is 5.32 Å². The summed E-state index contributed by atoms with van der Waals surface area (Å²) in [5, 5.41) is 3.39. The largest absolute Gasteiger partial charge is 0.383 e. The lowest BCUT2D eigenvalue weighted by Crippen LogP contribution is -2.09. The summed E-state index contributed by atoms with van der Waals surface area (Å²) in [6.45, 7) is 11.0. The Morgan fingerprint density at radius 1 is 1.07 bits per heavy atom. The molecule has 0 unspecified atom stereocenters. The van der Waals surface area contributed by atoms with Crippen LogP contribution in [-0.2, 0) is 0 Å². The van der Waals surface area contributed by atoms with E-state index in [1.54, 1.807) is 0 Å². The molecule has 2 heteroatoms. The molecule has 1 rings (SSSR count). The minimum atomic E-state index is 0.285. The van der Waals surface area contributed by atoms with E-state index in [-0.39, 0.29) is 4.75 Å². The second-order valence-electron chi connectivity index (χ2n) is 5.04. The predicted octanol–water partition coefficient (Wildman–Crippen LogP) is 4.40. The van der Waals surface area contributed by atoms with E-state index in [4.69, 9.17) is 0 Å². The summed E-state index contributed by atoms with van der Waals surface area (Å²) < 4.78 is 0.285. The second-order valence-corrected chi connectivity index (χ2v) is 6.94. The molecule has 0 aliphatic rings. The zero-order valence-corrected chi connectivity index (χ0v) is 11.1. The van der Waals surface area contributed by atoms with Crippen molar-refractivity contribution in [1.82, 2.24) is 0 Å². The lowest BCUT2D eigenvalue weighted by Gasteiger charge is -2.18. The van der Waals surface area contributed by atoms with Gasteiger partial charge in [0.25, 0.3) is 0 Å². The van der Waals surface area contributed by atoms with Gasteiger partial charge in [-0.1, -0.05) is 20.8 Å². The van der Waals surface area contributed by atoms with Crippen LogP contribution in [0.2, 0.25) is 0 Å². The maximum atomic E-state index is 3.39. The zero-order valence-electron chi connectivity index (χ0n) is 10.3. The number of anilines is 1. The fourth-order valence-corrected chi connectivity index (χ4v) is 2.29. The van der Waals surface area contributed by atoms with Crippen LogP contribution in [0.15, 0.2) is 29.2 Å². The Kier molecular flexibility index (Phi) is 4.09. The summed E-state index contributed by atoms with van der Waals surface area (Å²) in [4.78, 5) is 1.33. The Labute approximate surface area is 97.7 Å². The van der Waals surface area contributed by atoms with Gasteiger partial charge in [-0.3, -0.25) is 0 Å². The molecule has 0 bridgehead atoms. The lowest BCUT2D eigenvalue weighted by molar-refractivity contribution is 0.803. The fraction of sp³-hybridized carbons (Fsp3) is 0.538. The van der Waals surface area contributed by atoms with Crippen LogP contribution in [0, 0.1) is 0 Å². The van der Waals surface area contributed by atoms with Crippen LogP contribution in [0.1, 0.15) is 34.6 Å². The maximum absolute atomic E-state index is 3.39. The fourth-order valence-electron chi connectivity index (χ4n) is 1.31. The molecule has 0 aliphatic carbocycles. The molecule has 1 aromatic carbocycles. The SMILES string of the molecule is CC(C)Nc1ccc(SC(C)(C)C)cc1. The highest BCUT2D eigenvalue weighted by Gasteiger charge is 2.11. The third kappa shape index (κ3) is 5.12. The van der Waals surface area contributed by atoms with Gasteiger partial charge in [-0.2, -0.15) is 0 Å².